The molecule has 0 aromatic heterocycles. The van der Waals surface area contributed by atoms with E-state index in [1.54, 1.807) is 12.1 Å². The normalized spacial score (nSPS) is 18.9. The van der Waals surface area contributed by atoms with Gasteiger partial charge in [-0.25, -0.2) is 4.39 Å². The van der Waals surface area contributed by atoms with Gasteiger partial charge in [0.2, 0.25) is 11.8 Å². The Morgan fingerprint density at radius 3 is 2.56 bits per heavy atom. The molecule has 3 rings (SSSR count). The molecule has 1 aromatic rings. The molecular formula is C20H28FN3O3. The molecule has 1 aliphatic heterocycles. The van der Waals surface area contributed by atoms with Crippen LogP contribution in [0.15, 0.2) is 18.2 Å². The highest BCUT2D eigenvalue weighted by atomic mass is 19.1. The molecule has 2 fully saturated rings. The lowest BCUT2D eigenvalue weighted by atomic mass is 10.1. The summed E-state index contributed by atoms with van der Waals surface area (Å²) in [6.07, 6.45) is 3.02. The zero-order valence-electron chi connectivity index (χ0n) is 16.0. The van der Waals surface area contributed by atoms with E-state index in [9.17, 15) is 14.0 Å². The first-order valence-electron chi connectivity index (χ1n) is 9.62. The van der Waals surface area contributed by atoms with Crippen molar-refractivity contribution in [3.05, 3.63) is 29.6 Å². The number of rotatable bonds is 7. The van der Waals surface area contributed by atoms with Crippen LogP contribution in [-0.4, -0.2) is 67.0 Å². The summed E-state index contributed by atoms with van der Waals surface area (Å²) in [6, 6.07) is 5.00. The summed E-state index contributed by atoms with van der Waals surface area (Å²) in [5, 5.41) is 3.04. The van der Waals surface area contributed by atoms with Crippen LogP contribution in [0.2, 0.25) is 0 Å². The second-order valence-corrected chi connectivity index (χ2v) is 7.34. The monoisotopic (exact) mass is 377 g/mol. The Morgan fingerprint density at radius 1 is 1.26 bits per heavy atom. The molecule has 0 radical (unpaired) electrons. The number of nitrogens with zero attached hydrogens (tertiary/aromatic N) is 2. The first kappa shape index (κ1) is 19.6. The Balaban J connectivity index is 1.42. The van der Waals surface area contributed by atoms with Gasteiger partial charge in [-0.15, -0.1) is 0 Å². The number of amides is 2. The van der Waals surface area contributed by atoms with Crippen molar-refractivity contribution in [2.75, 3.05) is 33.3 Å². The summed E-state index contributed by atoms with van der Waals surface area (Å²) in [6.45, 7) is 4.56. The van der Waals surface area contributed by atoms with E-state index in [0.29, 0.717) is 45.1 Å². The Kier molecular flexibility index (Phi) is 6.31. The van der Waals surface area contributed by atoms with Crippen LogP contribution in [0, 0.1) is 5.82 Å². The summed E-state index contributed by atoms with van der Waals surface area (Å²) in [7, 11) is 1.43. The van der Waals surface area contributed by atoms with E-state index in [1.165, 1.54) is 13.2 Å². The maximum absolute atomic E-state index is 13.7. The van der Waals surface area contributed by atoms with E-state index in [0.717, 1.165) is 18.4 Å². The van der Waals surface area contributed by atoms with Crippen molar-refractivity contribution < 1.29 is 18.7 Å². The first-order valence-corrected chi connectivity index (χ1v) is 9.62. The Hall–Kier alpha value is -2.15. The Bertz CT molecular complexity index is 685. The van der Waals surface area contributed by atoms with Gasteiger partial charge in [0.15, 0.2) is 11.6 Å². The zero-order valence-corrected chi connectivity index (χ0v) is 16.0. The van der Waals surface area contributed by atoms with Gasteiger partial charge >= 0.3 is 0 Å². The van der Waals surface area contributed by atoms with E-state index in [2.05, 4.69) is 10.2 Å². The molecular weight excluding hydrogens is 349 g/mol. The van der Waals surface area contributed by atoms with Gasteiger partial charge in [0.05, 0.1) is 13.2 Å². The van der Waals surface area contributed by atoms with Crippen molar-refractivity contribution in [3.63, 3.8) is 0 Å². The van der Waals surface area contributed by atoms with Gasteiger partial charge in [-0.1, -0.05) is 6.07 Å². The number of hydrogen-bond donors (Lipinski definition) is 1. The molecule has 2 amide bonds. The predicted molar refractivity (Wildman–Crippen MR) is 100 cm³/mol. The van der Waals surface area contributed by atoms with Crippen molar-refractivity contribution in [2.45, 2.75) is 44.7 Å². The highest BCUT2D eigenvalue weighted by Gasteiger charge is 2.30. The molecule has 7 heteroatoms. The van der Waals surface area contributed by atoms with Gasteiger partial charge in [-0.3, -0.25) is 14.5 Å². The van der Waals surface area contributed by atoms with Crippen LogP contribution in [0.25, 0.3) is 0 Å². The van der Waals surface area contributed by atoms with E-state index >= 15 is 0 Å². The number of piperazine rings is 1. The molecule has 6 nitrogen and oxygen atoms in total. The summed E-state index contributed by atoms with van der Waals surface area (Å²) < 4.78 is 18.6. The molecule has 1 saturated carbocycles. The summed E-state index contributed by atoms with van der Waals surface area (Å²) >= 11 is 0. The third kappa shape index (κ3) is 5.19. The van der Waals surface area contributed by atoms with Crippen LogP contribution in [0.1, 0.15) is 31.7 Å². The molecule has 1 saturated heterocycles. The predicted octanol–water partition coefficient (Wildman–Crippen LogP) is 1.58. The molecule has 1 atom stereocenters. The molecule has 1 unspecified atom stereocenters. The maximum Gasteiger partial charge on any atom is 0.237 e. The number of nitrogens with one attached hydrogen (secondary N) is 1. The van der Waals surface area contributed by atoms with Crippen LogP contribution < -0.4 is 10.1 Å². The molecule has 1 N–H and O–H groups in total. The minimum Gasteiger partial charge on any atom is -0.494 e. The highest BCUT2D eigenvalue weighted by Crippen LogP contribution is 2.20. The molecule has 148 valence electrons. The lowest BCUT2D eigenvalue weighted by Gasteiger charge is -2.37. The number of methoxy groups -OCH3 is 1. The number of halogens is 1. The fourth-order valence-corrected chi connectivity index (χ4v) is 3.35. The molecule has 2 aliphatic rings. The van der Waals surface area contributed by atoms with Gasteiger partial charge in [-0.2, -0.15) is 0 Å². The quantitative estimate of drug-likeness (QED) is 0.784. The summed E-state index contributed by atoms with van der Waals surface area (Å²) in [5.74, 6) is -0.0460. The van der Waals surface area contributed by atoms with Crippen LogP contribution in [0.5, 0.6) is 5.75 Å². The number of ether oxygens (including phenoxy) is 1. The lowest BCUT2D eigenvalue weighted by Crippen LogP contribution is -2.55. The average Bonchev–Trinajstić information content (AvgIpc) is 3.49. The minimum atomic E-state index is -0.408. The molecule has 0 bridgehead atoms. The molecule has 1 aliphatic carbocycles. The van der Waals surface area contributed by atoms with Crippen molar-refractivity contribution in [3.8, 4) is 5.75 Å². The van der Waals surface area contributed by atoms with E-state index in [4.69, 9.17) is 4.74 Å². The molecule has 1 heterocycles. The first-order chi connectivity index (χ1) is 13.0. The van der Waals surface area contributed by atoms with Crippen molar-refractivity contribution in [1.29, 1.82) is 0 Å². The van der Waals surface area contributed by atoms with Crippen LogP contribution in [-0.2, 0) is 16.0 Å². The fraction of sp³-hybridized carbons (Fsp3) is 0.600. The lowest BCUT2D eigenvalue weighted by molar-refractivity contribution is -0.134. The van der Waals surface area contributed by atoms with Gasteiger partial charge in [0.25, 0.3) is 0 Å². The third-order valence-corrected chi connectivity index (χ3v) is 5.36. The van der Waals surface area contributed by atoms with Gasteiger partial charge in [-0.05, 0) is 43.9 Å². The van der Waals surface area contributed by atoms with Crippen LogP contribution in [0.3, 0.4) is 0 Å². The number of carbonyl (C=O) groups excluding carboxylic acids is 2. The smallest absolute Gasteiger partial charge is 0.237 e. The number of benzene rings is 1. The molecule has 1 aromatic carbocycles. The molecule has 27 heavy (non-hydrogen) atoms. The largest absolute Gasteiger partial charge is 0.494 e. The third-order valence-electron chi connectivity index (χ3n) is 5.36. The highest BCUT2D eigenvalue weighted by molar-refractivity contribution is 5.82. The fourth-order valence-electron chi connectivity index (χ4n) is 3.35. The van der Waals surface area contributed by atoms with Crippen LogP contribution >= 0.6 is 0 Å². The topological polar surface area (TPSA) is 61.9 Å². The van der Waals surface area contributed by atoms with E-state index in [1.807, 2.05) is 11.8 Å². The average molecular weight is 377 g/mol. The zero-order chi connectivity index (χ0) is 19.4. The second-order valence-electron chi connectivity index (χ2n) is 7.34. The van der Waals surface area contributed by atoms with Gasteiger partial charge in [0.1, 0.15) is 0 Å². The van der Waals surface area contributed by atoms with Crippen molar-refractivity contribution in [2.24, 2.45) is 0 Å². The van der Waals surface area contributed by atoms with Gasteiger partial charge < -0.3 is 15.0 Å². The van der Waals surface area contributed by atoms with E-state index in [-0.39, 0.29) is 23.6 Å². The number of hydrogen-bond acceptors (Lipinski definition) is 4. The van der Waals surface area contributed by atoms with Gasteiger partial charge in [0, 0.05) is 38.6 Å². The maximum atomic E-state index is 13.7. The van der Waals surface area contributed by atoms with Crippen molar-refractivity contribution >= 4 is 11.8 Å². The van der Waals surface area contributed by atoms with E-state index < -0.39 is 5.82 Å². The second kappa shape index (κ2) is 8.69. The SMILES string of the molecule is COc1ccc(CCC(=O)N2CCN(C(C)C(=O)NC3CC3)CC2)cc1F. The Labute approximate surface area is 159 Å². The Morgan fingerprint density at radius 2 is 1.96 bits per heavy atom. The van der Waals surface area contributed by atoms with Crippen molar-refractivity contribution in [1.82, 2.24) is 15.1 Å². The summed E-state index contributed by atoms with van der Waals surface area (Å²) in [5.41, 5.74) is 0.783. The number of aryl methyl sites for hydroxylation is 1. The standard InChI is InChI=1S/C20H28FN3O3/c1-14(20(26)22-16-5-6-16)23-9-11-24(12-10-23)19(25)8-4-15-3-7-18(27-2)17(21)13-15/h3,7,13-14,16H,4-6,8-12H2,1-2H3,(H,22,26). The number of carbonyl (C=O) groups is 2. The molecule has 0 spiro atoms. The summed E-state index contributed by atoms with van der Waals surface area (Å²) in [4.78, 5) is 28.6. The van der Waals surface area contributed by atoms with Crippen LogP contribution in [0.4, 0.5) is 4.39 Å². The minimum absolute atomic E-state index is 0.0703.